The minimum absolute atomic E-state index is 0.273. The van der Waals surface area contributed by atoms with Gasteiger partial charge in [-0.15, -0.1) is 0 Å². The molecule has 9 rings (SSSR count). The van der Waals surface area contributed by atoms with Gasteiger partial charge in [-0.3, -0.25) is 0 Å². The van der Waals surface area contributed by atoms with Gasteiger partial charge in [0.1, 0.15) is 6.61 Å². The number of rotatable bonds is 7. The fourth-order valence-corrected chi connectivity index (χ4v) is 7.00. The summed E-state index contributed by atoms with van der Waals surface area (Å²) in [7, 11) is 0. The maximum Gasteiger partial charge on any atom is 0.338 e. The monoisotopic (exact) mass is 633 g/mol. The first kappa shape index (κ1) is 28.6. The summed E-state index contributed by atoms with van der Waals surface area (Å²) in [6.07, 6.45) is 0. The first-order chi connectivity index (χ1) is 24.2. The molecule has 0 amide bonds. The third-order valence-corrected chi connectivity index (χ3v) is 9.24. The lowest BCUT2D eigenvalue weighted by Gasteiger charge is -2.26. The highest BCUT2D eigenvalue weighted by Gasteiger charge is 2.24. The van der Waals surface area contributed by atoms with Gasteiger partial charge in [0, 0.05) is 56.1 Å². The molecule has 0 atom stereocenters. The van der Waals surface area contributed by atoms with E-state index in [0.717, 1.165) is 67.2 Å². The number of ether oxygens (including phenoxy) is 1. The highest BCUT2D eigenvalue weighted by atomic mass is 16.5. The number of hydrogen-bond acceptors (Lipinski definition) is 4. The third kappa shape index (κ3) is 5.00. The second-order valence-corrected chi connectivity index (χ2v) is 12.2. The molecule has 49 heavy (non-hydrogen) atoms. The molecule has 1 aliphatic heterocycles. The van der Waals surface area contributed by atoms with Crippen LogP contribution in [0.4, 0.5) is 34.1 Å². The van der Waals surface area contributed by atoms with E-state index in [4.69, 9.17) is 4.74 Å². The number of cyclic esters (lactones) is 1. The Morgan fingerprint density at radius 1 is 0.449 bits per heavy atom. The van der Waals surface area contributed by atoms with E-state index >= 15 is 0 Å². The second-order valence-electron chi connectivity index (χ2n) is 12.2. The lowest BCUT2D eigenvalue weighted by Crippen LogP contribution is -2.09. The average molecular weight is 634 g/mol. The van der Waals surface area contributed by atoms with E-state index in [1.807, 2.05) is 36.4 Å². The molecule has 1 aromatic heterocycles. The van der Waals surface area contributed by atoms with Crippen molar-refractivity contribution in [2.45, 2.75) is 6.61 Å². The number of carbonyl (C=O) groups excluding carboxylic acids is 1. The maximum absolute atomic E-state index is 12.7. The van der Waals surface area contributed by atoms with Crippen LogP contribution in [-0.2, 0) is 11.3 Å². The molecule has 0 saturated carbocycles. The highest BCUT2D eigenvalue weighted by Crippen LogP contribution is 2.42. The zero-order valence-corrected chi connectivity index (χ0v) is 26.6. The number of nitrogens with zero attached hydrogens (tertiary/aromatic N) is 3. The minimum atomic E-state index is -0.273. The van der Waals surface area contributed by atoms with Gasteiger partial charge >= 0.3 is 5.97 Å². The summed E-state index contributed by atoms with van der Waals surface area (Å²) < 4.78 is 7.62. The molecular weight excluding hydrogens is 603 g/mol. The highest BCUT2D eigenvalue weighted by molar-refractivity contribution is 6.12. The Morgan fingerprint density at radius 3 is 1.31 bits per heavy atom. The zero-order valence-electron chi connectivity index (χ0n) is 26.6. The van der Waals surface area contributed by atoms with E-state index in [0.29, 0.717) is 12.2 Å². The molecule has 0 saturated heterocycles. The summed E-state index contributed by atoms with van der Waals surface area (Å²) in [5.74, 6) is -0.273. The molecule has 0 unspecified atom stereocenters. The quantitative estimate of drug-likeness (QED) is 0.164. The van der Waals surface area contributed by atoms with E-state index in [1.54, 1.807) is 0 Å². The number of anilines is 6. The Bertz CT molecular complexity index is 2240. The molecule has 0 N–H and O–H groups in total. The van der Waals surface area contributed by atoms with E-state index in [-0.39, 0.29) is 5.97 Å². The van der Waals surface area contributed by atoms with Gasteiger partial charge in [0.25, 0.3) is 0 Å². The zero-order chi connectivity index (χ0) is 32.7. The van der Waals surface area contributed by atoms with Gasteiger partial charge in [-0.25, -0.2) is 4.79 Å². The van der Waals surface area contributed by atoms with Crippen molar-refractivity contribution in [2.75, 3.05) is 9.80 Å². The minimum Gasteiger partial charge on any atom is -0.457 e. The van der Waals surface area contributed by atoms with Gasteiger partial charge in [0.05, 0.1) is 16.6 Å². The summed E-state index contributed by atoms with van der Waals surface area (Å²) in [5.41, 5.74) is 11.0. The first-order valence-electron chi connectivity index (χ1n) is 16.4. The van der Waals surface area contributed by atoms with Crippen molar-refractivity contribution in [2.24, 2.45) is 0 Å². The molecule has 7 aromatic carbocycles. The van der Waals surface area contributed by atoms with Crippen LogP contribution in [0.15, 0.2) is 176 Å². The van der Waals surface area contributed by atoms with Gasteiger partial charge in [0.2, 0.25) is 0 Å². The van der Waals surface area contributed by atoms with E-state index < -0.39 is 0 Å². The van der Waals surface area contributed by atoms with Crippen LogP contribution < -0.4 is 9.80 Å². The standard InChI is InChI=1S/C44H31N3O2/c48-44-39-27-38(22-21-31(39)30-49-44)47-42-25-23-36(45(32-13-5-1-6-14-32)33-15-7-2-8-16-33)28-40(42)41-29-37(24-26-43(41)47)46(34-17-9-3-10-18-34)35-19-11-4-12-20-35/h1-29H,30H2. The number of carbonyl (C=O) groups is 1. The van der Waals surface area contributed by atoms with Crippen molar-refractivity contribution in [3.8, 4) is 5.69 Å². The number of para-hydroxylation sites is 4. The lowest BCUT2D eigenvalue weighted by atomic mass is 10.1. The van der Waals surface area contributed by atoms with Crippen LogP contribution in [0.2, 0.25) is 0 Å². The molecule has 0 radical (unpaired) electrons. The van der Waals surface area contributed by atoms with Gasteiger partial charge in [-0.05, 0) is 97.1 Å². The van der Waals surface area contributed by atoms with Crippen LogP contribution in [0, 0.1) is 0 Å². The summed E-state index contributed by atoms with van der Waals surface area (Å²) in [5, 5.41) is 2.21. The Kier molecular flexibility index (Phi) is 6.95. The maximum atomic E-state index is 12.7. The van der Waals surface area contributed by atoms with Crippen LogP contribution in [-0.4, -0.2) is 10.5 Å². The van der Waals surface area contributed by atoms with E-state index in [2.05, 4.69) is 154 Å². The number of aromatic nitrogens is 1. The van der Waals surface area contributed by atoms with Gasteiger partial charge in [-0.1, -0.05) is 78.9 Å². The summed E-state index contributed by atoms with van der Waals surface area (Å²) in [4.78, 5) is 17.2. The first-order valence-corrected chi connectivity index (χ1v) is 16.4. The van der Waals surface area contributed by atoms with E-state index in [9.17, 15) is 4.79 Å². The van der Waals surface area contributed by atoms with Crippen LogP contribution in [0.3, 0.4) is 0 Å². The normalized spacial score (nSPS) is 12.2. The Labute approximate surface area is 284 Å². The Morgan fingerprint density at radius 2 is 0.878 bits per heavy atom. The molecule has 2 heterocycles. The molecule has 5 heteroatoms. The van der Waals surface area contributed by atoms with Gasteiger partial charge in [0.15, 0.2) is 0 Å². The van der Waals surface area contributed by atoms with Crippen molar-refractivity contribution in [3.63, 3.8) is 0 Å². The van der Waals surface area contributed by atoms with Crippen molar-refractivity contribution < 1.29 is 9.53 Å². The molecule has 234 valence electrons. The molecular formula is C44H31N3O2. The molecule has 8 aromatic rings. The third-order valence-electron chi connectivity index (χ3n) is 9.24. The van der Waals surface area contributed by atoms with Gasteiger partial charge in [-0.2, -0.15) is 0 Å². The molecule has 0 aliphatic carbocycles. The summed E-state index contributed by atoms with van der Waals surface area (Å²) in [6, 6.07) is 61.2. The Hall–Kier alpha value is -6.59. The number of benzene rings is 7. The van der Waals surface area contributed by atoms with Crippen LogP contribution in [0.5, 0.6) is 0 Å². The largest absolute Gasteiger partial charge is 0.457 e. The predicted octanol–water partition coefficient (Wildman–Crippen LogP) is 11.4. The van der Waals surface area contributed by atoms with Crippen LogP contribution >= 0.6 is 0 Å². The average Bonchev–Trinajstić information content (AvgIpc) is 3.70. The number of fused-ring (bicyclic) bond motifs is 4. The van der Waals surface area contributed by atoms with E-state index in [1.165, 1.54) is 0 Å². The SMILES string of the molecule is O=C1OCc2ccc(-n3c4ccc(N(c5ccccc5)c5ccccc5)cc4c4cc(N(c5ccccc5)c5ccccc5)ccc43)cc21. The van der Waals surface area contributed by atoms with Gasteiger partial charge < -0.3 is 19.1 Å². The van der Waals surface area contributed by atoms with Crippen molar-refractivity contribution in [1.82, 2.24) is 4.57 Å². The predicted molar refractivity (Wildman–Crippen MR) is 199 cm³/mol. The van der Waals surface area contributed by atoms with Crippen molar-refractivity contribution in [1.29, 1.82) is 0 Å². The summed E-state index contributed by atoms with van der Waals surface area (Å²) in [6.45, 7) is 0.317. The Balaban J connectivity index is 1.31. The van der Waals surface area contributed by atoms with Crippen molar-refractivity contribution in [3.05, 3.63) is 187 Å². The lowest BCUT2D eigenvalue weighted by molar-refractivity contribution is 0.0535. The topological polar surface area (TPSA) is 37.7 Å². The fourth-order valence-electron chi connectivity index (χ4n) is 7.00. The van der Waals surface area contributed by atoms with Crippen LogP contribution in [0.1, 0.15) is 15.9 Å². The van der Waals surface area contributed by atoms with Crippen LogP contribution in [0.25, 0.3) is 27.5 Å². The smallest absolute Gasteiger partial charge is 0.338 e. The molecule has 0 fully saturated rings. The summed E-state index contributed by atoms with van der Waals surface area (Å²) >= 11 is 0. The number of hydrogen-bond donors (Lipinski definition) is 0. The molecule has 1 aliphatic rings. The van der Waals surface area contributed by atoms with Crippen molar-refractivity contribution >= 4 is 61.9 Å². The molecule has 0 bridgehead atoms. The second kappa shape index (κ2) is 11.9. The fraction of sp³-hybridized carbons (Fsp3) is 0.0227. The molecule has 0 spiro atoms. The molecule has 5 nitrogen and oxygen atoms in total. The number of esters is 1.